The zero-order valence-corrected chi connectivity index (χ0v) is 9.43. The van der Waals surface area contributed by atoms with E-state index in [1.165, 1.54) is 5.57 Å². The van der Waals surface area contributed by atoms with Crippen LogP contribution >= 0.6 is 0 Å². The fourth-order valence-corrected chi connectivity index (χ4v) is 2.28. The van der Waals surface area contributed by atoms with Crippen LogP contribution in [-0.2, 0) is 9.53 Å². The lowest BCUT2D eigenvalue weighted by Crippen LogP contribution is -2.11. The number of esters is 1. The highest BCUT2D eigenvalue weighted by atomic mass is 16.5. The van der Waals surface area contributed by atoms with Gasteiger partial charge in [-0.1, -0.05) is 26.0 Å². The number of allylic oxidation sites excluding steroid dienone is 1. The summed E-state index contributed by atoms with van der Waals surface area (Å²) in [5.41, 5.74) is 1.52. The van der Waals surface area contributed by atoms with Crippen LogP contribution in [0, 0.1) is 11.3 Å². The lowest BCUT2D eigenvalue weighted by molar-refractivity contribution is -0.143. The van der Waals surface area contributed by atoms with Gasteiger partial charge in [0.15, 0.2) is 0 Å². The van der Waals surface area contributed by atoms with E-state index in [-0.39, 0.29) is 5.97 Å². The highest BCUT2D eigenvalue weighted by molar-refractivity contribution is 5.70. The molecular weight excluding hydrogens is 176 g/mol. The molecule has 0 aromatic rings. The molecule has 2 nitrogen and oxygen atoms in total. The summed E-state index contributed by atoms with van der Waals surface area (Å²) >= 11 is 0. The number of rotatable bonds is 3. The highest BCUT2D eigenvalue weighted by Gasteiger charge is 2.34. The third kappa shape index (κ3) is 2.86. The molecule has 1 saturated carbocycles. The molecule has 0 heterocycles. The predicted octanol–water partition coefficient (Wildman–Crippen LogP) is 2.93. The zero-order chi connectivity index (χ0) is 10.8. The van der Waals surface area contributed by atoms with Crippen LogP contribution in [0.3, 0.4) is 0 Å². The molecule has 1 aliphatic rings. The molecule has 2 heteroatoms. The minimum absolute atomic E-state index is 0.0867. The van der Waals surface area contributed by atoms with Gasteiger partial charge in [0.05, 0.1) is 13.0 Å². The van der Waals surface area contributed by atoms with Crippen LogP contribution in [-0.4, -0.2) is 12.6 Å². The Morgan fingerprint density at radius 1 is 1.64 bits per heavy atom. The lowest BCUT2D eigenvalue weighted by Gasteiger charge is -2.15. The van der Waals surface area contributed by atoms with Gasteiger partial charge in [-0.3, -0.25) is 4.79 Å². The molecule has 0 aromatic carbocycles. The van der Waals surface area contributed by atoms with Gasteiger partial charge >= 0.3 is 5.97 Å². The Morgan fingerprint density at radius 2 is 2.29 bits per heavy atom. The van der Waals surface area contributed by atoms with Crippen LogP contribution in [0.1, 0.15) is 40.0 Å². The SMILES string of the molecule is C=C1CC(C)(C)CC1CC(=O)OCC. The van der Waals surface area contributed by atoms with E-state index < -0.39 is 0 Å². The molecule has 0 bridgehead atoms. The monoisotopic (exact) mass is 196 g/mol. The minimum Gasteiger partial charge on any atom is -0.466 e. The normalized spacial score (nSPS) is 25.1. The van der Waals surface area contributed by atoms with Crippen LogP contribution in [0.25, 0.3) is 0 Å². The average Bonchev–Trinajstić information content (AvgIpc) is 2.25. The van der Waals surface area contributed by atoms with E-state index in [0.29, 0.717) is 24.4 Å². The van der Waals surface area contributed by atoms with Gasteiger partial charge < -0.3 is 4.74 Å². The first kappa shape index (κ1) is 11.3. The Hall–Kier alpha value is -0.790. The molecule has 80 valence electrons. The third-order valence-corrected chi connectivity index (χ3v) is 2.80. The quantitative estimate of drug-likeness (QED) is 0.512. The summed E-state index contributed by atoms with van der Waals surface area (Å²) in [5.74, 6) is 0.250. The molecule has 14 heavy (non-hydrogen) atoms. The molecule has 1 fully saturated rings. The van der Waals surface area contributed by atoms with Crippen molar-refractivity contribution in [1.82, 2.24) is 0 Å². The first-order valence-corrected chi connectivity index (χ1v) is 5.28. The van der Waals surface area contributed by atoms with Crippen molar-refractivity contribution in [2.45, 2.75) is 40.0 Å². The average molecular weight is 196 g/mol. The molecule has 0 spiro atoms. The lowest BCUT2D eigenvalue weighted by atomic mass is 9.90. The Labute approximate surface area is 86.3 Å². The molecule has 0 amide bonds. The summed E-state index contributed by atoms with van der Waals surface area (Å²) in [5, 5.41) is 0. The highest BCUT2D eigenvalue weighted by Crippen LogP contribution is 2.45. The largest absolute Gasteiger partial charge is 0.466 e. The van der Waals surface area contributed by atoms with Gasteiger partial charge in [-0.05, 0) is 31.1 Å². The van der Waals surface area contributed by atoms with Crippen LogP contribution in [0.2, 0.25) is 0 Å². The molecule has 0 N–H and O–H groups in total. The van der Waals surface area contributed by atoms with Gasteiger partial charge in [-0.25, -0.2) is 0 Å². The van der Waals surface area contributed by atoms with Gasteiger partial charge in [-0.2, -0.15) is 0 Å². The summed E-state index contributed by atoms with van der Waals surface area (Å²) in [6.45, 7) is 10.8. The second-order valence-corrected chi connectivity index (χ2v) is 4.91. The number of ether oxygens (including phenoxy) is 1. The summed E-state index contributed by atoms with van der Waals surface area (Å²) in [6.07, 6.45) is 2.61. The van der Waals surface area contributed by atoms with Crippen molar-refractivity contribution >= 4 is 5.97 Å². The molecule has 1 unspecified atom stereocenters. The number of hydrogen-bond acceptors (Lipinski definition) is 2. The standard InChI is InChI=1S/C12H20O2/c1-5-14-11(13)6-10-8-12(3,4)7-9(10)2/h10H,2,5-8H2,1,3-4H3. The van der Waals surface area contributed by atoms with Crippen molar-refractivity contribution < 1.29 is 9.53 Å². The van der Waals surface area contributed by atoms with Crippen LogP contribution in [0.4, 0.5) is 0 Å². The van der Waals surface area contributed by atoms with E-state index in [1.54, 1.807) is 0 Å². The topological polar surface area (TPSA) is 26.3 Å². The Balaban J connectivity index is 2.47. The van der Waals surface area contributed by atoms with Crippen LogP contribution in [0.5, 0.6) is 0 Å². The van der Waals surface area contributed by atoms with E-state index in [4.69, 9.17) is 4.74 Å². The van der Waals surface area contributed by atoms with E-state index in [1.807, 2.05) is 6.92 Å². The van der Waals surface area contributed by atoms with Crippen LogP contribution < -0.4 is 0 Å². The molecule has 0 saturated heterocycles. The Morgan fingerprint density at radius 3 is 2.71 bits per heavy atom. The van der Waals surface area contributed by atoms with E-state index in [2.05, 4.69) is 20.4 Å². The maximum Gasteiger partial charge on any atom is 0.306 e. The minimum atomic E-state index is -0.0867. The van der Waals surface area contributed by atoms with Crippen molar-refractivity contribution in [3.05, 3.63) is 12.2 Å². The molecule has 0 radical (unpaired) electrons. The van der Waals surface area contributed by atoms with Gasteiger partial charge in [0.2, 0.25) is 0 Å². The van der Waals surface area contributed by atoms with E-state index >= 15 is 0 Å². The van der Waals surface area contributed by atoms with Gasteiger partial charge in [-0.15, -0.1) is 0 Å². The molecule has 1 aliphatic carbocycles. The molecule has 0 aromatic heterocycles. The predicted molar refractivity (Wildman–Crippen MR) is 56.9 cm³/mol. The molecular formula is C12H20O2. The summed E-state index contributed by atoms with van der Waals surface area (Å²) in [4.78, 5) is 11.3. The van der Waals surface area contributed by atoms with Gasteiger partial charge in [0.1, 0.15) is 0 Å². The van der Waals surface area contributed by atoms with E-state index in [0.717, 1.165) is 12.8 Å². The van der Waals surface area contributed by atoms with E-state index in [9.17, 15) is 4.79 Å². The first-order valence-electron chi connectivity index (χ1n) is 5.28. The molecule has 1 atom stereocenters. The number of hydrogen-bond donors (Lipinski definition) is 0. The first-order chi connectivity index (χ1) is 6.44. The molecule has 1 rings (SSSR count). The van der Waals surface area contributed by atoms with Crippen molar-refractivity contribution in [2.75, 3.05) is 6.61 Å². The van der Waals surface area contributed by atoms with Crippen molar-refractivity contribution in [2.24, 2.45) is 11.3 Å². The second kappa shape index (κ2) is 4.16. The third-order valence-electron chi connectivity index (χ3n) is 2.80. The summed E-state index contributed by atoms with van der Waals surface area (Å²) in [7, 11) is 0. The zero-order valence-electron chi connectivity index (χ0n) is 9.43. The van der Waals surface area contributed by atoms with Crippen molar-refractivity contribution in [1.29, 1.82) is 0 Å². The Kier molecular flexibility index (Phi) is 3.35. The van der Waals surface area contributed by atoms with Crippen molar-refractivity contribution in [3.63, 3.8) is 0 Å². The number of carbonyl (C=O) groups excluding carboxylic acids is 1. The maximum absolute atomic E-state index is 11.3. The Bertz CT molecular complexity index is 241. The maximum atomic E-state index is 11.3. The van der Waals surface area contributed by atoms with Gasteiger partial charge in [0.25, 0.3) is 0 Å². The number of carbonyl (C=O) groups is 1. The smallest absolute Gasteiger partial charge is 0.306 e. The van der Waals surface area contributed by atoms with Gasteiger partial charge in [0, 0.05) is 0 Å². The fourth-order valence-electron chi connectivity index (χ4n) is 2.28. The second-order valence-electron chi connectivity index (χ2n) is 4.91. The summed E-state index contributed by atoms with van der Waals surface area (Å²) < 4.78 is 4.94. The van der Waals surface area contributed by atoms with Crippen molar-refractivity contribution in [3.8, 4) is 0 Å². The van der Waals surface area contributed by atoms with Crippen LogP contribution in [0.15, 0.2) is 12.2 Å². The molecule has 0 aliphatic heterocycles. The summed E-state index contributed by atoms with van der Waals surface area (Å²) in [6, 6.07) is 0. The fraction of sp³-hybridized carbons (Fsp3) is 0.750.